The van der Waals surface area contributed by atoms with E-state index in [0.717, 1.165) is 15.4 Å². The number of amides is 1. The lowest BCUT2D eigenvalue weighted by atomic mass is 9.86. The summed E-state index contributed by atoms with van der Waals surface area (Å²) in [5.74, 6) is -0.422. The minimum absolute atomic E-state index is 0.124. The predicted molar refractivity (Wildman–Crippen MR) is 85.3 cm³/mol. The first-order chi connectivity index (χ1) is 10.3. The Hall–Kier alpha value is -2.14. The number of aryl methyl sites for hydroxylation is 1. The molecule has 2 aromatic carbocycles. The zero-order valence-electron chi connectivity index (χ0n) is 12.7. The van der Waals surface area contributed by atoms with Gasteiger partial charge in [0, 0.05) is 0 Å². The lowest BCUT2D eigenvalue weighted by molar-refractivity contribution is -0.120. The molecule has 0 atom stereocenters. The minimum Gasteiger partial charge on any atom is -0.272 e. The van der Waals surface area contributed by atoms with Crippen LogP contribution < -0.4 is 4.31 Å². The molecule has 1 aliphatic heterocycles. The molecule has 1 amide bonds. The van der Waals surface area contributed by atoms with Crippen LogP contribution in [-0.4, -0.2) is 14.3 Å². The number of nitrogens with zero attached hydrogens (tertiary/aromatic N) is 1. The molecule has 0 aromatic heterocycles. The number of hydrogen-bond acceptors (Lipinski definition) is 3. The molecule has 0 unspecified atom stereocenters. The Morgan fingerprint density at radius 1 is 0.955 bits per heavy atom. The Balaban J connectivity index is 2.20. The third-order valence-electron chi connectivity index (χ3n) is 4.07. The van der Waals surface area contributed by atoms with E-state index in [9.17, 15) is 13.2 Å². The zero-order valence-corrected chi connectivity index (χ0v) is 13.5. The number of fused-ring (bicyclic) bond motifs is 1. The van der Waals surface area contributed by atoms with Crippen LogP contribution in [0.1, 0.15) is 25.0 Å². The van der Waals surface area contributed by atoms with Gasteiger partial charge in [-0.15, -0.1) is 0 Å². The molecule has 1 heterocycles. The van der Waals surface area contributed by atoms with Gasteiger partial charge in [0.05, 0.1) is 16.0 Å². The molecule has 1 aliphatic rings. The molecule has 5 heteroatoms. The monoisotopic (exact) mass is 315 g/mol. The summed E-state index contributed by atoms with van der Waals surface area (Å²) in [6.07, 6.45) is 0. The first-order valence-corrected chi connectivity index (χ1v) is 8.46. The van der Waals surface area contributed by atoms with Crippen molar-refractivity contribution in [3.05, 3.63) is 59.7 Å². The molecule has 2 aromatic rings. The number of rotatable bonds is 2. The maximum Gasteiger partial charge on any atom is 0.270 e. The van der Waals surface area contributed by atoms with Crippen LogP contribution in [0.25, 0.3) is 0 Å². The molecule has 0 N–H and O–H groups in total. The first kappa shape index (κ1) is 14.8. The maximum atomic E-state index is 12.9. The van der Waals surface area contributed by atoms with Gasteiger partial charge in [-0.25, -0.2) is 12.7 Å². The smallest absolute Gasteiger partial charge is 0.270 e. The van der Waals surface area contributed by atoms with Crippen molar-refractivity contribution in [3.63, 3.8) is 0 Å². The van der Waals surface area contributed by atoms with Crippen LogP contribution in [0.4, 0.5) is 5.69 Å². The fourth-order valence-corrected chi connectivity index (χ4v) is 4.27. The molecule has 22 heavy (non-hydrogen) atoms. The van der Waals surface area contributed by atoms with Gasteiger partial charge < -0.3 is 0 Å². The van der Waals surface area contributed by atoms with E-state index in [4.69, 9.17) is 0 Å². The first-order valence-electron chi connectivity index (χ1n) is 7.02. The summed E-state index contributed by atoms with van der Waals surface area (Å²) in [6.45, 7) is 5.38. The third-order valence-corrected chi connectivity index (χ3v) is 5.79. The van der Waals surface area contributed by atoms with Crippen molar-refractivity contribution in [3.8, 4) is 0 Å². The third kappa shape index (κ3) is 1.96. The number of sulfonamides is 1. The fraction of sp³-hybridized carbons (Fsp3) is 0.235. The minimum atomic E-state index is -3.91. The van der Waals surface area contributed by atoms with Gasteiger partial charge in [0.15, 0.2) is 0 Å². The Morgan fingerprint density at radius 3 is 2.18 bits per heavy atom. The van der Waals surface area contributed by atoms with Crippen molar-refractivity contribution in [2.75, 3.05) is 4.31 Å². The second-order valence-corrected chi connectivity index (χ2v) is 7.82. The lowest BCUT2D eigenvalue weighted by Crippen LogP contribution is -2.40. The Bertz CT molecular complexity index is 852. The van der Waals surface area contributed by atoms with E-state index < -0.39 is 21.3 Å². The highest BCUT2D eigenvalue weighted by atomic mass is 32.2. The second kappa shape index (κ2) is 4.68. The van der Waals surface area contributed by atoms with E-state index in [1.807, 2.05) is 13.0 Å². The zero-order chi connectivity index (χ0) is 16.1. The summed E-state index contributed by atoms with van der Waals surface area (Å²) >= 11 is 0. The van der Waals surface area contributed by atoms with Gasteiger partial charge >= 0.3 is 0 Å². The van der Waals surface area contributed by atoms with E-state index >= 15 is 0 Å². The van der Waals surface area contributed by atoms with Crippen molar-refractivity contribution in [2.45, 2.75) is 31.1 Å². The van der Waals surface area contributed by atoms with E-state index in [1.54, 1.807) is 44.2 Å². The summed E-state index contributed by atoms with van der Waals surface area (Å²) in [5.41, 5.74) is 1.29. The summed E-state index contributed by atoms with van der Waals surface area (Å²) in [5, 5.41) is 0. The number of carbonyl (C=O) groups is 1. The van der Waals surface area contributed by atoms with Crippen LogP contribution in [-0.2, 0) is 20.2 Å². The molecular weight excluding hydrogens is 298 g/mol. The average molecular weight is 315 g/mol. The van der Waals surface area contributed by atoms with Crippen molar-refractivity contribution in [1.29, 1.82) is 0 Å². The normalized spacial score (nSPS) is 16.7. The summed E-state index contributed by atoms with van der Waals surface area (Å²) in [7, 11) is -3.91. The topological polar surface area (TPSA) is 54.5 Å². The largest absolute Gasteiger partial charge is 0.272 e. The Morgan fingerprint density at radius 2 is 1.55 bits per heavy atom. The van der Waals surface area contributed by atoms with E-state index in [2.05, 4.69) is 0 Å². The quantitative estimate of drug-likeness (QED) is 0.856. The van der Waals surface area contributed by atoms with Crippen molar-refractivity contribution in [1.82, 2.24) is 0 Å². The number of carbonyl (C=O) groups excluding carboxylic acids is 1. The molecule has 0 fully saturated rings. The summed E-state index contributed by atoms with van der Waals surface area (Å²) in [6, 6.07) is 13.6. The summed E-state index contributed by atoms with van der Waals surface area (Å²) < 4.78 is 26.8. The van der Waals surface area contributed by atoms with E-state index in [-0.39, 0.29) is 4.90 Å². The highest BCUT2D eigenvalue weighted by Crippen LogP contribution is 2.43. The van der Waals surface area contributed by atoms with Crippen LogP contribution in [0.5, 0.6) is 0 Å². The van der Waals surface area contributed by atoms with Gasteiger partial charge in [0.25, 0.3) is 15.9 Å². The molecule has 114 valence electrons. The fourth-order valence-electron chi connectivity index (χ4n) is 2.71. The van der Waals surface area contributed by atoms with Gasteiger partial charge in [-0.2, -0.15) is 0 Å². The highest BCUT2D eigenvalue weighted by Gasteiger charge is 2.49. The molecule has 0 bridgehead atoms. The highest BCUT2D eigenvalue weighted by molar-refractivity contribution is 7.93. The number of benzene rings is 2. The van der Waals surface area contributed by atoms with Crippen LogP contribution in [0.2, 0.25) is 0 Å². The number of hydrogen-bond donors (Lipinski definition) is 0. The van der Waals surface area contributed by atoms with E-state index in [1.165, 1.54) is 12.1 Å². The molecule has 0 saturated carbocycles. The molecule has 0 spiro atoms. The summed E-state index contributed by atoms with van der Waals surface area (Å²) in [4.78, 5) is 12.8. The van der Waals surface area contributed by atoms with Crippen LogP contribution >= 0.6 is 0 Å². The van der Waals surface area contributed by atoms with E-state index in [0.29, 0.717) is 5.69 Å². The second-order valence-electron chi connectivity index (χ2n) is 6.03. The van der Waals surface area contributed by atoms with Gasteiger partial charge in [0.1, 0.15) is 0 Å². The molecule has 0 radical (unpaired) electrons. The van der Waals surface area contributed by atoms with Crippen molar-refractivity contribution >= 4 is 21.6 Å². The number of para-hydroxylation sites is 1. The van der Waals surface area contributed by atoms with Crippen LogP contribution in [0.15, 0.2) is 53.4 Å². The lowest BCUT2D eigenvalue weighted by Gasteiger charge is -2.20. The van der Waals surface area contributed by atoms with Crippen LogP contribution in [0.3, 0.4) is 0 Å². The van der Waals surface area contributed by atoms with Gasteiger partial charge in [0.2, 0.25) is 0 Å². The van der Waals surface area contributed by atoms with Gasteiger partial charge in [-0.3, -0.25) is 4.79 Å². The molecule has 0 saturated heterocycles. The van der Waals surface area contributed by atoms with Crippen LogP contribution in [0, 0.1) is 6.92 Å². The molecule has 4 nitrogen and oxygen atoms in total. The van der Waals surface area contributed by atoms with Crippen molar-refractivity contribution in [2.24, 2.45) is 0 Å². The standard InChI is InChI=1S/C17H17NO3S/c1-12-8-10-13(11-9-12)22(20,21)18-15-7-5-4-6-14(15)17(2,3)16(18)19/h4-11H,1-3H3. The van der Waals surface area contributed by atoms with Gasteiger partial charge in [-0.1, -0.05) is 35.9 Å². The molecular formula is C17H17NO3S. The van der Waals surface area contributed by atoms with Gasteiger partial charge in [-0.05, 0) is 44.5 Å². The average Bonchev–Trinajstić information content (AvgIpc) is 2.68. The van der Waals surface area contributed by atoms with Crippen molar-refractivity contribution < 1.29 is 13.2 Å². The maximum absolute atomic E-state index is 12.9. The molecule has 3 rings (SSSR count). The molecule has 0 aliphatic carbocycles. The Kier molecular flexibility index (Phi) is 3.14. The predicted octanol–water partition coefficient (Wildman–Crippen LogP) is 3.01. The SMILES string of the molecule is Cc1ccc(S(=O)(=O)N2C(=O)C(C)(C)c3ccccc32)cc1. The Labute approximate surface area is 130 Å². The number of anilines is 1.